The van der Waals surface area contributed by atoms with E-state index in [1.54, 1.807) is 0 Å². The number of nitrogens with zero attached hydrogens (tertiary/aromatic N) is 1. The van der Waals surface area contributed by atoms with Gasteiger partial charge in [0.2, 0.25) is 11.8 Å². The number of hydrogen-bond donors (Lipinski definition) is 0. The van der Waals surface area contributed by atoms with Crippen molar-refractivity contribution in [2.45, 2.75) is 12.8 Å². The van der Waals surface area contributed by atoms with Crippen LogP contribution in [0.4, 0.5) is 5.69 Å². The van der Waals surface area contributed by atoms with E-state index in [4.69, 9.17) is 0 Å². The summed E-state index contributed by atoms with van der Waals surface area (Å²) in [6.07, 6.45) is 1.71. The highest BCUT2D eigenvalue weighted by atomic mass is 16.2. The van der Waals surface area contributed by atoms with Crippen LogP contribution in [0, 0.1) is 17.8 Å². The van der Waals surface area contributed by atoms with Crippen molar-refractivity contribution in [3.8, 4) is 0 Å². The maximum absolute atomic E-state index is 12.7. The Kier molecular flexibility index (Phi) is 3.07. The van der Waals surface area contributed by atoms with E-state index in [0.29, 0.717) is 5.69 Å². The molecule has 22 heavy (non-hydrogen) atoms. The van der Waals surface area contributed by atoms with Gasteiger partial charge in [-0.2, -0.15) is 0 Å². The average Bonchev–Trinajstić information content (AvgIpc) is 2.72. The van der Waals surface area contributed by atoms with Crippen LogP contribution in [-0.2, 0) is 16.0 Å². The Hall–Kier alpha value is -2.42. The zero-order valence-electron chi connectivity index (χ0n) is 12.2. The van der Waals surface area contributed by atoms with Gasteiger partial charge in [-0.05, 0) is 36.5 Å². The van der Waals surface area contributed by atoms with Crippen molar-refractivity contribution < 1.29 is 9.59 Å². The lowest BCUT2D eigenvalue weighted by Gasteiger charge is -2.36. The highest BCUT2D eigenvalue weighted by Crippen LogP contribution is 2.49. The van der Waals surface area contributed by atoms with Crippen molar-refractivity contribution in [2.24, 2.45) is 17.8 Å². The number of carbonyl (C=O) groups is 2. The second-order valence-corrected chi connectivity index (χ2v) is 6.17. The summed E-state index contributed by atoms with van der Waals surface area (Å²) in [4.78, 5) is 26.6. The predicted molar refractivity (Wildman–Crippen MR) is 84.2 cm³/mol. The van der Waals surface area contributed by atoms with Crippen molar-refractivity contribution in [3.05, 3.63) is 66.2 Å². The van der Waals surface area contributed by atoms with Gasteiger partial charge in [-0.1, -0.05) is 48.5 Å². The van der Waals surface area contributed by atoms with Crippen LogP contribution >= 0.6 is 0 Å². The Morgan fingerprint density at radius 2 is 1.50 bits per heavy atom. The summed E-state index contributed by atoms with van der Waals surface area (Å²) >= 11 is 0. The molecule has 2 aliphatic rings. The second kappa shape index (κ2) is 5.09. The maximum Gasteiger partial charge on any atom is 0.237 e. The average molecular weight is 291 g/mol. The molecule has 3 heteroatoms. The molecule has 1 saturated heterocycles. The smallest absolute Gasteiger partial charge is 0.237 e. The fraction of sp³-hybridized carbons (Fsp3) is 0.263. The van der Waals surface area contributed by atoms with E-state index >= 15 is 0 Å². The second-order valence-electron chi connectivity index (χ2n) is 6.17. The normalized spacial score (nSPS) is 26.7. The lowest BCUT2D eigenvalue weighted by atomic mass is 9.64. The number of rotatable bonds is 3. The van der Waals surface area contributed by atoms with Crippen molar-refractivity contribution in [2.75, 3.05) is 4.90 Å². The number of fused-ring (bicyclic) bond motifs is 1. The number of benzene rings is 2. The van der Waals surface area contributed by atoms with E-state index in [9.17, 15) is 9.59 Å². The summed E-state index contributed by atoms with van der Waals surface area (Å²) in [5.41, 5.74) is 1.94. The standard InChI is InChI=1S/C19H17NO2/c21-18-16-12-14(11-13-7-3-1-4-8-13)17(16)19(22)20(18)15-9-5-2-6-10-15/h1-10,14,16-17H,11-12H2/t14-,16-,17+/m0/s1. The van der Waals surface area contributed by atoms with Crippen molar-refractivity contribution in [3.63, 3.8) is 0 Å². The maximum atomic E-state index is 12.7. The number of hydrogen-bond acceptors (Lipinski definition) is 2. The SMILES string of the molecule is O=C1[C@@H]2[C@@H](Cc3ccccc3)C[C@@H]2C(=O)N1c1ccccc1. The summed E-state index contributed by atoms with van der Waals surface area (Å²) in [6, 6.07) is 19.5. The molecule has 0 aromatic heterocycles. The molecule has 2 fully saturated rings. The first-order valence-electron chi connectivity index (χ1n) is 7.72. The number of amides is 2. The predicted octanol–water partition coefficient (Wildman–Crippen LogP) is 3.05. The van der Waals surface area contributed by atoms with Crippen molar-refractivity contribution >= 4 is 17.5 Å². The fourth-order valence-electron chi connectivity index (χ4n) is 3.76. The van der Waals surface area contributed by atoms with E-state index in [1.165, 1.54) is 10.5 Å². The lowest BCUT2D eigenvalue weighted by Crippen LogP contribution is -2.40. The van der Waals surface area contributed by atoms with E-state index in [0.717, 1.165) is 12.8 Å². The molecular weight excluding hydrogens is 274 g/mol. The Morgan fingerprint density at radius 1 is 0.864 bits per heavy atom. The highest BCUT2D eigenvalue weighted by molar-refractivity contribution is 6.23. The van der Waals surface area contributed by atoms with Crippen LogP contribution in [0.3, 0.4) is 0 Å². The summed E-state index contributed by atoms with van der Waals surface area (Å²) < 4.78 is 0. The van der Waals surface area contributed by atoms with E-state index in [-0.39, 0.29) is 29.6 Å². The van der Waals surface area contributed by atoms with Gasteiger partial charge in [-0.25, -0.2) is 0 Å². The minimum absolute atomic E-state index is 0.0200. The van der Waals surface area contributed by atoms with E-state index in [1.807, 2.05) is 48.5 Å². The summed E-state index contributed by atoms with van der Waals surface area (Å²) in [7, 11) is 0. The van der Waals surface area contributed by atoms with Crippen molar-refractivity contribution in [1.82, 2.24) is 0 Å². The van der Waals surface area contributed by atoms with Crippen LogP contribution in [-0.4, -0.2) is 11.8 Å². The fourth-order valence-corrected chi connectivity index (χ4v) is 3.76. The third-order valence-corrected chi connectivity index (χ3v) is 4.90. The van der Waals surface area contributed by atoms with Gasteiger partial charge in [0.05, 0.1) is 17.5 Å². The lowest BCUT2D eigenvalue weighted by molar-refractivity contribution is -0.128. The molecule has 1 aliphatic carbocycles. The Labute approximate surface area is 129 Å². The first-order valence-corrected chi connectivity index (χ1v) is 7.72. The first kappa shape index (κ1) is 13.3. The Balaban J connectivity index is 1.55. The molecule has 0 spiro atoms. The molecule has 1 heterocycles. The number of para-hydroxylation sites is 1. The van der Waals surface area contributed by atoms with Gasteiger partial charge in [0.1, 0.15) is 0 Å². The summed E-state index contributed by atoms with van der Waals surface area (Å²) in [5.74, 6) is 0.00536. The molecule has 2 aromatic rings. The molecule has 110 valence electrons. The van der Waals surface area contributed by atoms with Crippen LogP contribution in [0.15, 0.2) is 60.7 Å². The van der Waals surface area contributed by atoms with E-state index in [2.05, 4.69) is 12.1 Å². The molecule has 2 aromatic carbocycles. The summed E-state index contributed by atoms with van der Waals surface area (Å²) in [6.45, 7) is 0. The van der Waals surface area contributed by atoms with Gasteiger partial charge in [0.25, 0.3) is 0 Å². The van der Waals surface area contributed by atoms with E-state index < -0.39 is 0 Å². The Bertz CT molecular complexity index is 711. The molecule has 3 nitrogen and oxygen atoms in total. The molecular formula is C19H17NO2. The van der Waals surface area contributed by atoms with Crippen LogP contribution in [0.25, 0.3) is 0 Å². The largest absolute Gasteiger partial charge is 0.274 e. The van der Waals surface area contributed by atoms with Gasteiger partial charge in [0.15, 0.2) is 0 Å². The molecule has 2 amide bonds. The quantitative estimate of drug-likeness (QED) is 0.815. The zero-order valence-corrected chi connectivity index (χ0v) is 12.2. The molecule has 0 unspecified atom stereocenters. The third kappa shape index (κ3) is 1.97. The highest BCUT2D eigenvalue weighted by Gasteiger charge is 2.58. The van der Waals surface area contributed by atoms with Crippen LogP contribution < -0.4 is 4.90 Å². The minimum atomic E-state index is -0.132. The van der Waals surface area contributed by atoms with Gasteiger partial charge in [-0.3, -0.25) is 14.5 Å². The van der Waals surface area contributed by atoms with Gasteiger partial charge in [-0.15, -0.1) is 0 Å². The first-order chi connectivity index (χ1) is 10.8. The molecule has 0 radical (unpaired) electrons. The number of carbonyl (C=O) groups excluding carboxylic acids is 2. The van der Waals surface area contributed by atoms with Crippen LogP contribution in [0.1, 0.15) is 12.0 Å². The number of imide groups is 1. The molecule has 3 atom stereocenters. The van der Waals surface area contributed by atoms with Crippen LogP contribution in [0.5, 0.6) is 0 Å². The van der Waals surface area contributed by atoms with Crippen LogP contribution in [0.2, 0.25) is 0 Å². The molecule has 0 bridgehead atoms. The zero-order chi connectivity index (χ0) is 15.1. The topological polar surface area (TPSA) is 37.4 Å². The van der Waals surface area contributed by atoms with Crippen molar-refractivity contribution in [1.29, 1.82) is 0 Å². The Morgan fingerprint density at radius 3 is 2.18 bits per heavy atom. The van der Waals surface area contributed by atoms with Gasteiger partial charge < -0.3 is 0 Å². The molecule has 0 N–H and O–H groups in total. The number of anilines is 1. The third-order valence-electron chi connectivity index (χ3n) is 4.90. The minimum Gasteiger partial charge on any atom is -0.274 e. The molecule has 1 aliphatic heterocycles. The van der Waals surface area contributed by atoms with Gasteiger partial charge >= 0.3 is 0 Å². The van der Waals surface area contributed by atoms with Gasteiger partial charge in [0, 0.05) is 0 Å². The monoisotopic (exact) mass is 291 g/mol. The molecule has 1 saturated carbocycles. The summed E-state index contributed by atoms with van der Waals surface area (Å²) in [5, 5.41) is 0. The molecule has 4 rings (SSSR count).